The van der Waals surface area contributed by atoms with Crippen molar-refractivity contribution in [3.8, 4) is 0 Å². The molecule has 7 nitrogen and oxygen atoms in total. The first-order valence-electron chi connectivity index (χ1n) is 6.29. The van der Waals surface area contributed by atoms with Crippen LogP contribution in [0.4, 0.5) is 8.68 Å². The lowest BCUT2D eigenvalue weighted by Crippen LogP contribution is -2.42. The van der Waals surface area contributed by atoms with Crippen LogP contribution in [-0.4, -0.2) is 39.4 Å². The van der Waals surface area contributed by atoms with Crippen LogP contribution in [-0.2, 0) is 31.1 Å². The molecule has 0 unspecified atom stereocenters. The van der Waals surface area contributed by atoms with E-state index in [0.717, 1.165) is 12.7 Å². The molecule has 0 radical (unpaired) electrons. The summed E-state index contributed by atoms with van der Waals surface area (Å²) in [4.78, 5) is 23.0. The summed E-state index contributed by atoms with van der Waals surface area (Å²) in [5, 5.41) is 2.14. The highest BCUT2D eigenvalue weighted by atomic mass is 32.3. The average molecular weight is 333 g/mol. The highest BCUT2D eigenvalue weighted by Gasteiger charge is 2.24. The van der Waals surface area contributed by atoms with Crippen molar-refractivity contribution in [2.24, 2.45) is 0 Å². The molecule has 0 bridgehead atoms. The van der Waals surface area contributed by atoms with Gasteiger partial charge in [0.05, 0.1) is 12.9 Å². The molecule has 122 valence electrons. The smallest absolute Gasteiger partial charge is 0.408 e. The minimum absolute atomic E-state index is 0.0258. The summed E-state index contributed by atoms with van der Waals surface area (Å²) in [6.07, 6.45) is -1.39. The number of halogens is 1. The van der Waals surface area contributed by atoms with Gasteiger partial charge in [-0.3, -0.25) is 0 Å². The molecule has 1 aromatic carbocycles. The zero-order valence-electron chi connectivity index (χ0n) is 11.8. The van der Waals surface area contributed by atoms with Gasteiger partial charge >= 0.3 is 22.3 Å². The molecule has 0 aliphatic rings. The highest BCUT2D eigenvalue weighted by molar-refractivity contribution is 7.86. The number of rotatable bonds is 7. The number of amides is 1. The highest BCUT2D eigenvalue weighted by Crippen LogP contribution is 2.04. The second kappa shape index (κ2) is 8.32. The molecule has 22 heavy (non-hydrogen) atoms. The van der Waals surface area contributed by atoms with E-state index in [1.807, 2.05) is 0 Å². The van der Waals surface area contributed by atoms with Gasteiger partial charge in [-0.05, 0) is 12.0 Å². The van der Waals surface area contributed by atoms with Crippen molar-refractivity contribution in [2.45, 2.75) is 19.1 Å². The lowest BCUT2D eigenvalue weighted by atomic mass is 10.2. The fourth-order valence-corrected chi connectivity index (χ4v) is 2.07. The molecule has 9 heteroatoms. The molecule has 1 aromatic rings. The largest absolute Gasteiger partial charge is 0.467 e. The summed E-state index contributed by atoms with van der Waals surface area (Å²) >= 11 is 0. The fourth-order valence-electron chi connectivity index (χ4n) is 1.56. The SMILES string of the molecule is COC(=O)[C@H](CCS(=O)(=O)F)NC(=O)OCc1ccccc1. The van der Waals surface area contributed by atoms with E-state index in [-0.39, 0.29) is 6.61 Å². The van der Waals surface area contributed by atoms with Gasteiger partial charge in [-0.2, -0.15) is 8.42 Å². The van der Waals surface area contributed by atoms with Crippen molar-refractivity contribution >= 4 is 22.3 Å². The van der Waals surface area contributed by atoms with Gasteiger partial charge in [0.1, 0.15) is 12.6 Å². The van der Waals surface area contributed by atoms with E-state index in [1.165, 1.54) is 0 Å². The molecule has 0 aliphatic carbocycles. The van der Waals surface area contributed by atoms with Crippen molar-refractivity contribution in [3.05, 3.63) is 35.9 Å². The van der Waals surface area contributed by atoms with Gasteiger partial charge in [-0.15, -0.1) is 3.89 Å². The van der Waals surface area contributed by atoms with Crippen LogP contribution in [0, 0.1) is 0 Å². The van der Waals surface area contributed by atoms with Crippen molar-refractivity contribution in [1.29, 1.82) is 0 Å². The summed E-state index contributed by atoms with van der Waals surface area (Å²) in [6, 6.07) is 7.49. The summed E-state index contributed by atoms with van der Waals surface area (Å²) in [5.74, 6) is -1.80. The first-order valence-corrected chi connectivity index (χ1v) is 7.84. The average Bonchev–Trinajstić information content (AvgIpc) is 2.48. The number of alkyl carbamates (subject to hydrolysis) is 1. The van der Waals surface area contributed by atoms with Crippen LogP contribution >= 0.6 is 0 Å². The maximum absolute atomic E-state index is 12.5. The standard InChI is InChI=1S/C13H16FNO6S/c1-20-12(16)11(7-8-22(14,18)19)15-13(17)21-9-10-5-3-2-4-6-10/h2-6,11H,7-9H2,1H3,(H,15,17)/t11-/m0/s1. The molecule has 1 N–H and O–H groups in total. The zero-order valence-corrected chi connectivity index (χ0v) is 12.6. The van der Waals surface area contributed by atoms with Gasteiger partial charge in [0, 0.05) is 0 Å². The number of hydrogen-bond acceptors (Lipinski definition) is 6. The summed E-state index contributed by atoms with van der Waals surface area (Å²) in [7, 11) is -3.69. The summed E-state index contributed by atoms with van der Waals surface area (Å²) < 4.78 is 42.8. The van der Waals surface area contributed by atoms with Gasteiger partial charge in [0.25, 0.3) is 0 Å². The minimum atomic E-state index is -4.75. The normalized spacial score (nSPS) is 12.3. The lowest BCUT2D eigenvalue weighted by molar-refractivity contribution is -0.143. The second-order valence-corrected chi connectivity index (χ2v) is 5.80. The maximum atomic E-state index is 12.5. The third kappa shape index (κ3) is 7.02. The van der Waals surface area contributed by atoms with E-state index in [2.05, 4.69) is 10.1 Å². The Morgan fingerprint density at radius 3 is 2.45 bits per heavy atom. The first-order chi connectivity index (χ1) is 10.3. The Hall–Kier alpha value is -2.16. The number of methoxy groups -OCH3 is 1. The molecule has 1 atom stereocenters. The second-order valence-electron chi connectivity index (χ2n) is 4.31. The van der Waals surface area contributed by atoms with Gasteiger partial charge < -0.3 is 14.8 Å². The zero-order chi connectivity index (χ0) is 16.6. The van der Waals surface area contributed by atoms with Crippen LogP contribution < -0.4 is 5.32 Å². The lowest BCUT2D eigenvalue weighted by Gasteiger charge is -2.15. The molecule has 0 heterocycles. The molecule has 0 aromatic heterocycles. The van der Waals surface area contributed by atoms with Crippen molar-refractivity contribution in [3.63, 3.8) is 0 Å². The third-order valence-electron chi connectivity index (χ3n) is 2.64. The third-order valence-corrected chi connectivity index (χ3v) is 3.36. The molecule has 0 aliphatic heterocycles. The monoisotopic (exact) mass is 333 g/mol. The first kappa shape index (κ1) is 17.9. The number of nitrogens with one attached hydrogen (secondary N) is 1. The minimum Gasteiger partial charge on any atom is -0.467 e. The Labute approximate surface area is 127 Å². The number of esters is 1. The van der Waals surface area contributed by atoms with E-state index in [4.69, 9.17) is 4.74 Å². The molecule has 0 spiro atoms. The number of ether oxygens (including phenoxy) is 2. The van der Waals surface area contributed by atoms with Gasteiger partial charge in [-0.1, -0.05) is 30.3 Å². The Kier molecular flexibility index (Phi) is 6.77. The van der Waals surface area contributed by atoms with Crippen molar-refractivity contribution in [2.75, 3.05) is 12.9 Å². The van der Waals surface area contributed by atoms with Gasteiger partial charge in [0.15, 0.2) is 0 Å². The molecule has 0 fully saturated rings. The predicted molar refractivity (Wildman–Crippen MR) is 75.1 cm³/mol. The van der Waals surface area contributed by atoms with Crippen LogP contribution in [0.3, 0.4) is 0 Å². The number of hydrogen-bond donors (Lipinski definition) is 1. The van der Waals surface area contributed by atoms with E-state index >= 15 is 0 Å². The van der Waals surface area contributed by atoms with Crippen LogP contribution in [0.1, 0.15) is 12.0 Å². The van der Waals surface area contributed by atoms with E-state index in [0.29, 0.717) is 0 Å². The molecular formula is C13H16FNO6S. The Balaban J connectivity index is 2.53. The number of carbonyl (C=O) groups is 2. The molecule has 0 saturated carbocycles. The van der Waals surface area contributed by atoms with Crippen LogP contribution in [0.2, 0.25) is 0 Å². The number of carbonyl (C=O) groups excluding carboxylic acids is 2. The Morgan fingerprint density at radius 1 is 1.27 bits per heavy atom. The topological polar surface area (TPSA) is 98.8 Å². The van der Waals surface area contributed by atoms with Crippen molar-refractivity contribution in [1.82, 2.24) is 5.32 Å². The molecule has 0 saturated heterocycles. The summed E-state index contributed by atoms with van der Waals surface area (Å²) in [6.45, 7) is -0.0258. The summed E-state index contributed by atoms with van der Waals surface area (Å²) in [5.41, 5.74) is 0.735. The van der Waals surface area contributed by atoms with Crippen LogP contribution in [0.5, 0.6) is 0 Å². The van der Waals surface area contributed by atoms with E-state index in [9.17, 15) is 21.9 Å². The van der Waals surface area contributed by atoms with Gasteiger partial charge in [-0.25, -0.2) is 9.59 Å². The Bertz CT molecular complexity index is 604. The molecule has 1 rings (SSSR count). The van der Waals surface area contributed by atoms with Crippen molar-refractivity contribution < 1.29 is 31.4 Å². The maximum Gasteiger partial charge on any atom is 0.408 e. The molecule has 1 amide bonds. The fraction of sp³-hybridized carbons (Fsp3) is 0.385. The van der Waals surface area contributed by atoms with Crippen LogP contribution in [0.15, 0.2) is 30.3 Å². The van der Waals surface area contributed by atoms with E-state index < -0.39 is 40.5 Å². The predicted octanol–water partition coefficient (Wildman–Crippen LogP) is 1.14. The van der Waals surface area contributed by atoms with Crippen LogP contribution in [0.25, 0.3) is 0 Å². The Morgan fingerprint density at radius 2 is 1.91 bits per heavy atom. The van der Waals surface area contributed by atoms with E-state index in [1.54, 1.807) is 30.3 Å². The number of benzene rings is 1. The molecular weight excluding hydrogens is 317 g/mol. The van der Waals surface area contributed by atoms with Gasteiger partial charge in [0.2, 0.25) is 0 Å². The quantitative estimate of drug-likeness (QED) is 0.593.